The van der Waals surface area contributed by atoms with Gasteiger partial charge in [0.05, 0.1) is 6.04 Å². The normalized spacial score (nSPS) is 16.9. The van der Waals surface area contributed by atoms with Crippen molar-refractivity contribution < 1.29 is 4.39 Å². The first-order valence-corrected chi connectivity index (χ1v) is 10.7. The van der Waals surface area contributed by atoms with Crippen LogP contribution in [0.15, 0.2) is 72.8 Å². The predicted molar refractivity (Wildman–Crippen MR) is 122 cm³/mol. The zero-order valence-corrected chi connectivity index (χ0v) is 17.5. The second-order valence-electron chi connectivity index (χ2n) is 8.31. The molecule has 1 atom stereocenters. The number of halogens is 1. The zero-order chi connectivity index (χ0) is 21.0. The smallest absolute Gasteiger partial charge is 0.123 e. The molecule has 0 radical (unpaired) electrons. The molecule has 156 valence electrons. The first-order chi connectivity index (χ1) is 14.6. The number of hydrogen-bond donors (Lipinski definition) is 3. The van der Waals surface area contributed by atoms with Gasteiger partial charge in [0.15, 0.2) is 0 Å². The van der Waals surface area contributed by atoms with Gasteiger partial charge in [0.2, 0.25) is 0 Å². The van der Waals surface area contributed by atoms with Crippen molar-refractivity contribution in [3.63, 3.8) is 0 Å². The topological polar surface area (TPSA) is 50.1 Å². The quantitative estimate of drug-likeness (QED) is 0.565. The van der Waals surface area contributed by atoms with Gasteiger partial charge in [0.1, 0.15) is 5.82 Å². The number of nitrogens with two attached hydrogens (primary N) is 1. The van der Waals surface area contributed by atoms with E-state index in [9.17, 15) is 4.39 Å². The Labute approximate surface area is 178 Å². The molecule has 0 aliphatic carbocycles. The van der Waals surface area contributed by atoms with Crippen LogP contribution in [-0.2, 0) is 0 Å². The van der Waals surface area contributed by atoms with Crippen LogP contribution in [0, 0.1) is 12.7 Å². The first kappa shape index (κ1) is 20.7. The molecule has 0 amide bonds. The number of benzene rings is 3. The van der Waals surface area contributed by atoms with Crippen molar-refractivity contribution in [2.45, 2.75) is 31.3 Å². The molecule has 1 aliphatic rings. The number of hydrogen-bond acceptors (Lipinski definition) is 3. The highest BCUT2D eigenvalue weighted by atomic mass is 19.1. The molecule has 0 bridgehead atoms. The zero-order valence-electron chi connectivity index (χ0n) is 17.5. The molecule has 3 nitrogen and oxygen atoms in total. The third kappa shape index (κ3) is 4.46. The van der Waals surface area contributed by atoms with E-state index in [0.717, 1.165) is 37.1 Å². The summed E-state index contributed by atoms with van der Waals surface area (Å²) in [4.78, 5) is 0. The second-order valence-corrected chi connectivity index (χ2v) is 8.31. The standard InChI is InChI=1S/C26H30FN3/c1-19-6-2-3-11-24(19)20-7-4-8-21(16-20)25(22-9-5-10-23(27)17-22)30-26(18-28)12-14-29-15-13-26/h2-11,16-17,25,29-30H,12-15,18,28H2,1H3. The molecule has 4 rings (SSSR count). The van der Waals surface area contributed by atoms with Gasteiger partial charge in [-0.1, -0.05) is 54.6 Å². The average molecular weight is 404 g/mol. The summed E-state index contributed by atoms with van der Waals surface area (Å²) in [5, 5.41) is 7.26. The Bertz CT molecular complexity index is 995. The van der Waals surface area contributed by atoms with Crippen molar-refractivity contribution in [2.24, 2.45) is 5.73 Å². The van der Waals surface area contributed by atoms with Crippen LogP contribution in [0.2, 0.25) is 0 Å². The Morgan fingerprint density at radius 2 is 1.67 bits per heavy atom. The minimum absolute atomic E-state index is 0.133. The summed E-state index contributed by atoms with van der Waals surface area (Å²) in [6.45, 7) is 4.55. The van der Waals surface area contributed by atoms with Crippen molar-refractivity contribution in [1.82, 2.24) is 10.6 Å². The molecule has 4 N–H and O–H groups in total. The van der Waals surface area contributed by atoms with E-state index in [1.165, 1.54) is 22.8 Å². The van der Waals surface area contributed by atoms with Gasteiger partial charge in [-0.15, -0.1) is 0 Å². The van der Waals surface area contributed by atoms with E-state index < -0.39 is 0 Å². The van der Waals surface area contributed by atoms with Crippen molar-refractivity contribution in [1.29, 1.82) is 0 Å². The molecule has 1 saturated heterocycles. The lowest BCUT2D eigenvalue weighted by Gasteiger charge is -2.41. The molecular formula is C26H30FN3. The van der Waals surface area contributed by atoms with Gasteiger partial charge < -0.3 is 11.1 Å². The largest absolute Gasteiger partial charge is 0.329 e. The SMILES string of the molecule is Cc1ccccc1-c1cccc(C(NC2(CN)CCNCC2)c2cccc(F)c2)c1. The summed E-state index contributed by atoms with van der Waals surface area (Å²) in [7, 11) is 0. The number of piperidine rings is 1. The van der Waals surface area contributed by atoms with Crippen LogP contribution in [0.25, 0.3) is 11.1 Å². The van der Waals surface area contributed by atoms with Gasteiger partial charge in [-0.25, -0.2) is 4.39 Å². The summed E-state index contributed by atoms with van der Waals surface area (Å²) in [5.74, 6) is -0.221. The molecule has 1 heterocycles. The Morgan fingerprint density at radius 3 is 2.37 bits per heavy atom. The average Bonchev–Trinajstić information content (AvgIpc) is 2.78. The number of nitrogens with one attached hydrogen (secondary N) is 2. The van der Waals surface area contributed by atoms with E-state index >= 15 is 0 Å². The molecule has 1 aliphatic heterocycles. The second kappa shape index (κ2) is 9.09. The van der Waals surface area contributed by atoms with Crippen LogP contribution in [0.1, 0.15) is 35.6 Å². The molecule has 1 unspecified atom stereocenters. The Morgan fingerprint density at radius 1 is 0.967 bits per heavy atom. The van der Waals surface area contributed by atoms with Crippen LogP contribution >= 0.6 is 0 Å². The molecule has 0 aromatic heterocycles. The summed E-state index contributed by atoms with van der Waals surface area (Å²) >= 11 is 0. The Kier molecular flexibility index (Phi) is 6.28. The van der Waals surface area contributed by atoms with Gasteiger partial charge >= 0.3 is 0 Å². The highest BCUT2D eigenvalue weighted by molar-refractivity contribution is 5.68. The molecule has 1 fully saturated rings. The highest BCUT2D eigenvalue weighted by Crippen LogP contribution is 2.32. The van der Waals surface area contributed by atoms with Crippen LogP contribution < -0.4 is 16.4 Å². The fourth-order valence-electron chi connectivity index (χ4n) is 4.45. The summed E-state index contributed by atoms with van der Waals surface area (Å²) in [6.07, 6.45) is 1.90. The van der Waals surface area contributed by atoms with Gasteiger partial charge in [-0.05, 0) is 78.9 Å². The maximum absolute atomic E-state index is 14.1. The van der Waals surface area contributed by atoms with Crippen LogP contribution in [0.3, 0.4) is 0 Å². The molecule has 0 spiro atoms. The van der Waals surface area contributed by atoms with Crippen molar-refractivity contribution in [3.05, 3.63) is 95.3 Å². The van der Waals surface area contributed by atoms with Crippen molar-refractivity contribution >= 4 is 0 Å². The number of rotatable bonds is 6. The summed E-state index contributed by atoms with van der Waals surface area (Å²) < 4.78 is 14.1. The van der Waals surface area contributed by atoms with E-state index in [1.54, 1.807) is 12.1 Å². The fraction of sp³-hybridized carbons (Fsp3) is 0.308. The van der Waals surface area contributed by atoms with Crippen LogP contribution in [0.4, 0.5) is 4.39 Å². The van der Waals surface area contributed by atoms with Gasteiger partial charge in [-0.3, -0.25) is 5.32 Å². The highest BCUT2D eigenvalue weighted by Gasteiger charge is 2.33. The minimum atomic E-state index is -0.221. The number of aryl methyl sites for hydroxylation is 1. The van der Waals surface area contributed by atoms with E-state index in [1.807, 2.05) is 6.07 Å². The third-order valence-corrected chi connectivity index (χ3v) is 6.26. The molecule has 0 saturated carbocycles. The summed E-state index contributed by atoms with van der Waals surface area (Å²) in [6, 6.07) is 23.7. The van der Waals surface area contributed by atoms with Crippen LogP contribution in [0.5, 0.6) is 0 Å². The molecule has 30 heavy (non-hydrogen) atoms. The summed E-state index contributed by atoms with van der Waals surface area (Å²) in [5.41, 5.74) is 11.7. The predicted octanol–water partition coefficient (Wildman–Crippen LogP) is 4.56. The Hall–Kier alpha value is -2.53. The fourth-order valence-corrected chi connectivity index (χ4v) is 4.45. The van der Waals surface area contributed by atoms with Gasteiger partial charge in [-0.2, -0.15) is 0 Å². The first-order valence-electron chi connectivity index (χ1n) is 10.7. The molecular weight excluding hydrogens is 373 g/mol. The van der Waals surface area contributed by atoms with Crippen molar-refractivity contribution in [2.75, 3.05) is 19.6 Å². The Balaban J connectivity index is 1.76. The molecule has 3 aromatic rings. The van der Waals surface area contributed by atoms with E-state index in [2.05, 4.69) is 66.1 Å². The maximum Gasteiger partial charge on any atom is 0.123 e. The monoisotopic (exact) mass is 403 g/mol. The maximum atomic E-state index is 14.1. The van der Waals surface area contributed by atoms with Gasteiger partial charge in [0, 0.05) is 12.1 Å². The van der Waals surface area contributed by atoms with E-state index in [0.29, 0.717) is 6.54 Å². The third-order valence-electron chi connectivity index (χ3n) is 6.26. The lowest BCUT2D eigenvalue weighted by atomic mass is 9.85. The van der Waals surface area contributed by atoms with E-state index in [4.69, 9.17) is 5.73 Å². The van der Waals surface area contributed by atoms with Gasteiger partial charge in [0.25, 0.3) is 0 Å². The lowest BCUT2D eigenvalue weighted by Crippen LogP contribution is -2.57. The van der Waals surface area contributed by atoms with Crippen LogP contribution in [-0.4, -0.2) is 25.2 Å². The molecule has 4 heteroatoms. The lowest BCUT2D eigenvalue weighted by molar-refractivity contribution is 0.235. The van der Waals surface area contributed by atoms with Crippen molar-refractivity contribution in [3.8, 4) is 11.1 Å². The molecule has 3 aromatic carbocycles. The van der Waals surface area contributed by atoms with E-state index in [-0.39, 0.29) is 17.4 Å². The minimum Gasteiger partial charge on any atom is -0.329 e.